The molecule has 2 saturated heterocycles. The molecule has 1 amide bonds. The molecule has 2 aliphatic heterocycles. The van der Waals surface area contributed by atoms with Crippen molar-refractivity contribution in [3.63, 3.8) is 0 Å². The molecule has 0 radical (unpaired) electrons. The van der Waals surface area contributed by atoms with Crippen LogP contribution in [-0.4, -0.2) is 73.3 Å². The number of aromatic nitrogens is 2. The van der Waals surface area contributed by atoms with E-state index in [-0.39, 0.29) is 5.91 Å². The van der Waals surface area contributed by atoms with Gasteiger partial charge in [0, 0.05) is 25.9 Å². The molecule has 8 heteroatoms. The van der Waals surface area contributed by atoms with Gasteiger partial charge in [-0.1, -0.05) is 0 Å². The van der Waals surface area contributed by atoms with Crippen LogP contribution in [0.15, 0.2) is 11.1 Å². The first-order valence-corrected chi connectivity index (χ1v) is 10.5. The van der Waals surface area contributed by atoms with Crippen LogP contribution in [0.3, 0.4) is 0 Å². The molecule has 0 aromatic carbocycles. The molecule has 0 unspecified atom stereocenters. The molecule has 1 N–H and O–H groups in total. The first-order valence-electron chi connectivity index (χ1n) is 8.66. The van der Waals surface area contributed by atoms with Gasteiger partial charge in [0.1, 0.15) is 4.90 Å². The van der Waals surface area contributed by atoms with Gasteiger partial charge in [-0.3, -0.25) is 14.8 Å². The van der Waals surface area contributed by atoms with Gasteiger partial charge in [0.05, 0.1) is 18.4 Å². The summed E-state index contributed by atoms with van der Waals surface area (Å²) >= 11 is 0. The van der Waals surface area contributed by atoms with E-state index < -0.39 is 9.84 Å². The zero-order valence-corrected chi connectivity index (χ0v) is 15.0. The van der Waals surface area contributed by atoms with Crippen molar-refractivity contribution >= 4 is 15.7 Å². The number of piperidine rings is 1. The zero-order chi connectivity index (χ0) is 17.2. The molecule has 24 heavy (non-hydrogen) atoms. The number of carbonyl (C=O) groups is 1. The van der Waals surface area contributed by atoms with Crippen molar-refractivity contribution in [1.82, 2.24) is 20.0 Å². The summed E-state index contributed by atoms with van der Waals surface area (Å²) in [6.45, 7) is 4.04. The van der Waals surface area contributed by atoms with Crippen LogP contribution in [0.1, 0.15) is 31.4 Å². The normalized spacial score (nSPS) is 22.9. The van der Waals surface area contributed by atoms with Gasteiger partial charge in [0.25, 0.3) is 0 Å². The molecule has 7 nitrogen and oxygen atoms in total. The Hall–Kier alpha value is -1.41. The van der Waals surface area contributed by atoms with Crippen LogP contribution >= 0.6 is 0 Å². The van der Waals surface area contributed by atoms with Crippen LogP contribution in [0.25, 0.3) is 0 Å². The minimum atomic E-state index is -3.25. The summed E-state index contributed by atoms with van der Waals surface area (Å²) in [4.78, 5) is 16.8. The van der Waals surface area contributed by atoms with E-state index >= 15 is 0 Å². The van der Waals surface area contributed by atoms with Gasteiger partial charge in [0.15, 0.2) is 9.84 Å². The minimum Gasteiger partial charge on any atom is -0.342 e. The quantitative estimate of drug-likeness (QED) is 0.841. The number of hydrogen-bond acceptors (Lipinski definition) is 5. The number of sulfone groups is 1. The highest BCUT2D eigenvalue weighted by atomic mass is 32.2. The molecule has 3 heterocycles. The fourth-order valence-electron chi connectivity index (χ4n) is 3.78. The van der Waals surface area contributed by atoms with E-state index in [1.54, 1.807) is 0 Å². The first-order chi connectivity index (χ1) is 11.4. The number of carbonyl (C=O) groups excluding carboxylic acids is 1. The molecule has 2 aliphatic rings. The van der Waals surface area contributed by atoms with E-state index in [0.717, 1.165) is 51.9 Å². The maximum absolute atomic E-state index is 12.3. The van der Waals surface area contributed by atoms with Gasteiger partial charge in [-0.2, -0.15) is 5.10 Å². The van der Waals surface area contributed by atoms with Crippen molar-refractivity contribution in [3.05, 3.63) is 11.9 Å². The summed E-state index contributed by atoms with van der Waals surface area (Å²) in [6.07, 6.45) is 7.59. The fourth-order valence-corrected chi connectivity index (χ4v) is 4.60. The van der Waals surface area contributed by atoms with Gasteiger partial charge < -0.3 is 4.90 Å². The smallest absolute Gasteiger partial charge is 0.236 e. The number of nitrogens with one attached hydrogen (secondary N) is 1. The third-order valence-corrected chi connectivity index (χ3v) is 6.14. The maximum Gasteiger partial charge on any atom is 0.236 e. The van der Waals surface area contributed by atoms with Gasteiger partial charge in [0.2, 0.25) is 5.91 Å². The number of H-pyrrole nitrogens is 1. The van der Waals surface area contributed by atoms with E-state index in [9.17, 15) is 13.2 Å². The number of aromatic amines is 1. The van der Waals surface area contributed by atoms with E-state index in [1.807, 2.05) is 4.90 Å². The second kappa shape index (κ2) is 7.23. The monoisotopic (exact) mass is 354 g/mol. The van der Waals surface area contributed by atoms with Crippen molar-refractivity contribution in [2.75, 3.05) is 39.0 Å². The maximum atomic E-state index is 12.3. The Labute approximate surface area is 143 Å². The van der Waals surface area contributed by atoms with Crippen molar-refractivity contribution in [2.45, 2.75) is 37.0 Å². The van der Waals surface area contributed by atoms with Crippen LogP contribution in [0, 0.1) is 5.92 Å². The van der Waals surface area contributed by atoms with Crippen LogP contribution in [-0.2, 0) is 21.1 Å². The van der Waals surface area contributed by atoms with E-state index in [1.165, 1.54) is 12.5 Å². The van der Waals surface area contributed by atoms with Crippen LogP contribution in [0.4, 0.5) is 0 Å². The van der Waals surface area contributed by atoms with E-state index in [4.69, 9.17) is 0 Å². The SMILES string of the molecule is CS(=O)(=O)c1cn[nH]c1C[C@@H]1CCCN(CC(=O)N2CCCC2)C1. The van der Waals surface area contributed by atoms with E-state index in [0.29, 0.717) is 29.5 Å². The fraction of sp³-hybridized carbons (Fsp3) is 0.750. The van der Waals surface area contributed by atoms with Gasteiger partial charge in [-0.05, 0) is 44.6 Å². The lowest BCUT2D eigenvalue weighted by molar-refractivity contribution is -0.131. The molecular weight excluding hydrogens is 328 g/mol. The minimum absolute atomic E-state index is 0.228. The zero-order valence-electron chi connectivity index (χ0n) is 14.2. The highest BCUT2D eigenvalue weighted by molar-refractivity contribution is 7.90. The molecule has 0 bridgehead atoms. The average Bonchev–Trinajstić information content (AvgIpc) is 3.18. The molecule has 1 aromatic heterocycles. The molecule has 1 atom stereocenters. The summed E-state index contributed by atoms with van der Waals surface area (Å²) in [5, 5.41) is 6.73. The Balaban J connectivity index is 1.58. The summed E-state index contributed by atoms with van der Waals surface area (Å²) in [5.41, 5.74) is 0.690. The highest BCUT2D eigenvalue weighted by Gasteiger charge is 2.26. The highest BCUT2D eigenvalue weighted by Crippen LogP contribution is 2.23. The Bertz CT molecular complexity index is 679. The van der Waals surface area contributed by atoms with Crippen molar-refractivity contribution in [2.24, 2.45) is 5.92 Å². The summed E-state index contributed by atoms with van der Waals surface area (Å²) in [6, 6.07) is 0. The van der Waals surface area contributed by atoms with Crippen molar-refractivity contribution in [3.8, 4) is 0 Å². The lowest BCUT2D eigenvalue weighted by atomic mass is 9.93. The standard InChI is InChI=1S/C16H26N4O3S/c1-24(22,23)15-10-17-18-14(15)9-13-5-4-6-19(11-13)12-16(21)20-7-2-3-8-20/h10,13H,2-9,11-12H2,1H3,(H,17,18)/t13-/m0/s1. The third kappa shape index (κ3) is 4.16. The Morgan fingerprint density at radius 3 is 2.75 bits per heavy atom. The van der Waals surface area contributed by atoms with Gasteiger partial charge in [-0.15, -0.1) is 0 Å². The molecule has 2 fully saturated rings. The lowest BCUT2D eigenvalue weighted by Crippen LogP contribution is -2.43. The number of amides is 1. The van der Waals surface area contributed by atoms with Crippen LogP contribution in [0.5, 0.6) is 0 Å². The predicted molar refractivity (Wildman–Crippen MR) is 90.4 cm³/mol. The first kappa shape index (κ1) is 17.4. The second-order valence-electron chi connectivity index (χ2n) is 7.02. The molecule has 0 saturated carbocycles. The van der Waals surface area contributed by atoms with Crippen LogP contribution in [0.2, 0.25) is 0 Å². The van der Waals surface area contributed by atoms with Gasteiger partial charge >= 0.3 is 0 Å². The lowest BCUT2D eigenvalue weighted by Gasteiger charge is -2.33. The summed E-state index contributed by atoms with van der Waals surface area (Å²) < 4.78 is 23.6. The molecule has 134 valence electrons. The molecular formula is C16H26N4O3S. The van der Waals surface area contributed by atoms with Crippen LogP contribution < -0.4 is 0 Å². The third-order valence-electron chi connectivity index (χ3n) is 4.99. The average molecular weight is 354 g/mol. The largest absolute Gasteiger partial charge is 0.342 e. The summed E-state index contributed by atoms with van der Waals surface area (Å²) in [5.74, 6) is 0.581. The van der Waals surface area contributed by atoms with E-state index in [2.05, 4.69) is 15.1 Å². The van der Waals surface area contributed by atoms with Crippen molar-refractivity contribution in [1.29, 1.82) is 0 Å². The topological polar surface area (TPSA) is 86.4 Å². The second-order valence-corrected chi connectivity index (χ2v) is 9.00. The Morgan fingerprint density at radius 2 is 2.04 bits per heavy atom. The number of nitrogens with zero attached hydrogens (tertiary/aromatic N) is 3. The molecule has 0 aliphatic carbocycles. The molecule has 1 aromatic rings. The predicted octanol–water partition coefficient (Wildman–Crippen LogP) is 0.690. The Kier molecular flexibility index (Phi) is 5.24. The number of likely N-dealkylation sites (tertiary alicyclic amines) is 2. The Morgan fingerprint density at radius 1 is 1.29 bits per heavy atom. The van der Waals surface area contributed by atoms with Gasteiger partial charge in [-0.25, -0.2) is 8.42 Å². The molecule has 0 spiro atoms. The molecule has 3 rings (SSSR count). The van der Waals surface area contributed by atoms with Crippen molar-refractivity contribution < 1.29 is 13.2 Å². The number of hydrogen-bond donors (Lipinski definition) is 1. The number of rotatable bonds is 5. The summed E-state index contributed by atoms with van der Waals surface area (Å²) in [7, 11) is -3.25.